The molecular formula is C40H35NO4. The standard InChI is InChI=1S/C40H35NO4/c42-39(40(24-9-25-41-40)44-28-30-12-5-2-6-13-30)43-27-31-16-18-32(19-17-31)33-20-22-34(23-21-33)38-35-14-7-8-15-36(35)45-37(38)26-29-10-3-1-4-11-29/h1-8,10-23,41H,9,24-28H2/t40-/m1/s1. The van der Waals surface area contributed by atoms with E-state index in [0.29, 0.717) is 13.0 Å². The highest BCUT2D eigenvalue weighted by molar-refractivity contribution is 5.96. The number of fused-ring (bicyclic) bond motifs is 1. The molecule has 0 bridgehead atoms. The van der Waals surface area contributed by atoms with Gasteiger partial charge < -0.3 is 13.9 Å². The van der Waals surface area contributed by atoms with E-state index in [1.165, 1.54) is 5.56 Å². The smallest absolute Gasteiger partial charge is 0.354 e. The van der Waals surface area contributed by atoms with Crippen LogP contribution in [0.25, 0.3) is 33.2 Å². The molecule has 0 unspecified atom stereocenters. The van der Waals surface area contributed by atoms with E-state index in [9.17, 15) is 4.79 Å². The summed E-state index contributed by atoms with van der Waals surface area (Å²) in [4.78, 5) is 13.2. The number of furan rings is 1. The highest BCUT2D eigenvalue weighted by Crippen LogP contribution is 2.37. The monoisotopic (exact) mass is 593 g/mol. The van der Waals surface area contributed by atoms with Gasteiger partial charge in [0, 0.05) is 23.8 Å². The van der Waals surface area contributed by atoms with Gasteiger partial charge in [-0.1, -0.05) is 127 Å². The van der Waals surface area contributed by atoms with Crippen molar-refractivity contribution in [1.82, 2.24) is 5.32 Å². The molecule has 1 fully saturated rings. The highest BCUT2D eigenvalue weighted by atomic mass is 16.6. The first kappa shape index (κ1) is 28.8. The molecule has 1 aromatic heterocycles. The van der Waals surface area contributed by atoms with Crippen LogP contribution < -0.4 is 5.32 Å². The molecule has 1 aliphatic heterocycles. The van der Waals surface area contributed by atoms with Crippen molar-refractivity contribution in [1.29, 1.82) is 0 Å². The van der Waals surface area contributed by atoms with Crippen LogP contribution in [0.5, 0.6) is 0 Å². The fourth-order valence-corrected chi connectivity index (χ4v) is 6.06. The Labute approximate surface area is 263 Å². The quantitative estimate of drug-likeness (QED) is 0.161. The summed E-state index contributed by atoms with van der Waals surface area (Å²) in [5.74, 6) is 0.600. The van der Waals surface area contributed by atoms with Crippen LogP contribution in [0.3, 0.4) is 0 Å². The van der Waals surface area contributed by atoms with Crippen molar-refractivity contribution in [3.8, 4) is 22.3 Å². The van der Waals surface area contributed by atoms with Crippen molar-refractivity contribution < 1.29 is 18.7 Å². The van der Waals surface area contributed by atoms with Gasteiger partial charge in [0.1, 0.15) is 18.0 Å². The van der Waals surface area contributed by atoms with Crippen LogP contribution in [0.1, 0.15) is 35.3 Å². The summed E-state index contributed by atoms with van der Waals surface area (Å²) in [6, 6.07) is 45.3. The van der Waals surface area contributed by atoms with Gasteiger partial charge in [0.05, 0.1) is 6.61 Å². The molecule has 5 heteroatoms. The van der Waals surface area contributed by atoms with Crippen molar-refractivity contribution >= 4 is 16.9 Å². The van der Waals surface area contributed by atoms with Gasteiger partial charge in [-0.3, -0.25) is 5.32 Å². The second-order valence-corrected chi connectivity index (χ2v) is 11.5. The van der Waals surface area contributed by atoms with Crippen LogP contribution in [0.15, 0.2) is 138 Å². The number of carbonyl (C=O) groups excluding carboxylic acids is 1. The molecule has 1 atom stereocenters. The van der Waals surface area contributed by atoms with Crippen molar-refractivity contribution in [3.05, 3.63) is 156 Å². The Balaban J connectivity index is 1.03. The van der Waals surface area contributed by atoms with Crippen molar-refractivity contribution in [2.24, 2.45) is 0 Å². The topological polar surface area (TPSA) is 60.7 Å². The number of hydrogen-bond donors (Lipinski definition) is 1. The third-order valence-electron chi connectivity index (χ3n) is 8.48. The number of hydrogen-bond acceptors (Lipinski definition) is 5. The summed E-state index contributed by atoms with van der Waals surface area (Å²) in [5, 5.41) is 4.36. The second kappa shape index (κ2) is 12.9. The number of ether oxygens (including phenoxy) is 2. The lowest BCUT2D eigenvalue weighted by atomic mass is 9.96. The predicted molar refractivity (Wildman–Crippen MR) is 177 cm³/mol. The fraction of sp³-hybridized carbons (Fsp3) is 0.175. The number of rotatable bonds is 10. The minimum atomic E-state index is -1.10. The zero-order valence-electron chi connectivity index (χ0n) is 25.1. The van der Waals surface area contributed by atoms with Gasteiger partial charge in [-0.15, -0.1) is 0 Å². The van der Waals surface area contributed by atoms with Gasteiger partial charge in [0.25, 0.3) is 0 Å². The molecule has 6 aromatic rings. The van der Waals surface area contributed by atoms with Crippen LogP contribution in [-0.2, 0) is 33.9 Å². The molecule has 45 heavy (non-hydrogen) atoms. The molecule has 0 spiro atoms. The summed E-state index contributed by atoms with van der Waals surface area (Å²) in [7, 11) is 0. The Morgan fingerprint density at radius 2 is 1.27 bits per heavy atom. The van der Waals surface area contributed by atoms with Crippen LogP contribution in [0.4, 0.5) is 0 Å². The summed E-state index contributed by atoms with van der Waals surface area (Å²) in [5.41, 5.74) is 7.44. The average molecular weight is 594 g/mol. The Morgan fingerprint density at radius 1 is 0.667 bits per heavy atom. The minimum absolute atomic E-state index is 0.188. The molecule has 5 nitrogen and oxygen atoms in total. The van der Waals surface area contributed by atoms with Crippen LogP contribution in [0, 0.1) is 0 Å². The van der Waals surface area contributed by atoms with Gasteiger partial charge in [-0.2, -0.15) is 0 Å². The lowest BCUT2D eigenvalue weighted by Crippen LogP contribution is -2.50. The SMILES string of the molecule is O=C(OCc1ccc(-c2ccc(-c3c(Cc4ccccc4)oc4ccccc34)cc2)cc1)[C@]1(OCc2ccccc2)CCCN1. The molecule has 5 aromatic carbocycles. The van der Waals surface area contributed by atoms with Crippen LogP contribution >= 0.6 is 0 Å². The van der Waals surface area contributed by atoms with E-state index >= 15 is 0 Å². The Kier molecular flexibility index (Phi) is 8.28. The van der Waals surface area contributed by atoms with E-state index in [1.54, 1.807) is 0 Å². The normalized spacial score (nSPS) is 16.2. The molecule has 0 amide bonds. The largest absolute Gasteiger partial charge is 0.460 e. The second-order valence-electron chi connectivity index (χ2n) is 11.5. The van der Waals surface area contributed by atoms with Crippen molar-refractivity contribution in [3.63, 3.8) is 0 Å². The summed E-state index contributed by atoms with van der Waals surface area (Å²) in [6.45, 7) is 1.26. The van der Waals surface area contributed by atoms with E-state index in [-0.39, 0.29) is 12.6 Å². The van der Waals surface area contributed by atoms with Gasteiger partial charge in [-0.25, -0.2) is 4.79 Å². The highest BCUT2D eigenvalue weighted by Gasteiger charge is 2.44. The Bertz CT molecular complexity index is 1870. The van der Waals surface area contributed by atoms with Gasteiger partial charge >= 0.3 is 5.97 Å². The minimum Gasteiger partial charge on any atom is -0.460 e. The van der Waals surface area contributed by atoms with Crippen LogP contribution in [0.2, 0.25) is 0 Å². The predicted octanol–water partition coefficient (Wildman–Crippen LogP) is 8.70. The maximum atomic E-state index is 13.2. The first-order valence-electron chi connectivity index (χ1n) is 15.5. The zero-order chi connectivity index (χ0) is 30.5. The number of benzene rings is 5. The third kappa shape index (κ3) is 6.32. The van der Waals surface area contributed by atoms with Crippen LogP contribution in [-0.4, -0.2) is 18.2 Å². The van der Waals surface area contributed by atoms with E-state index in [4.69, 9.17) is 13.9 Å². The molecule has 0 radical (unpaired) electrons. The lowest BCUT2D eigenvalue weighted by molar-refractivity contribution is -0.179. The molecule has 1 N–H and O–H groups in total. The number of carbonyl (C=O) groups is 1. The Morgan fingerprint density at radius 3 is 1.96 bits per heavy atom. The number of nitrogens with one attached hydrogen (secondary N) is 1. The Hall–Kier alpha value is -4.97. The summed E-state index contributed by atoms with van der Waals surface area (Å²) < 4.78 is 18.2. The molecule has 2 heterocycles. The molecule has 1 saturated heterocycles. The van der Waals surface area contributed by atoms with E-state index < -0.39 is 5.72 Å². The molecule has 7 rings (SSSR count). The maximum absolute atomic E-state index is 13.2. The third-order valence-corrected chi connectivity index (χ3v) is 8.48. The van der Waals surface area contributed by atoms with E-state index in [2.05, 4.69) is 78.1 Å². The maximum Gasteiger partial charge on any atom is 0.354 e. The number of esters is 1. The molecule has 0 saturated carbocycles. The molecule has 0 aliphatic carbocycles. The van der Waals surface area contributed by atoms with Gasteiger partial charge in [-0.05, 0) is 52.4 Å². The van der Waals surface area contributed by atoms with Gasteiger partial charge in [0.15, 0.2) is 0 Å². The summed E-state index contributed by atoms with van der Waals surface area (Å²) >= 11 is 0. The first-order chi connectivity index (χ1) is 22.2. The van der Waals surface area contributed by atoms with Gasteiger partial charge in [0.2, 0.25) is 5.72 Å². The molecular weight excluding hydrogens is 558 g/mol. The summed E-state index contributed by atoms with van der Waals surface area (Å²) in [6.07, 6.45) is 2.19. The fourth-order valence-electron chi connectivity index (χ4n) is 6.06. The van der Waals surface area contributed by atoms with Crippen molar-refractivity contribution in [2.75, 3.05) is 6.54 Å². The van der Waals surface area contributed by atoms with E-state index in [0.717, 1.165) is 69.5 Å². The molecule has 1 aliphatic rings. The molecule has 224 valence electrons. The lowest BCUT2D eigenvalue weighted by Gasteiger charge is -2.27. The first-order valence-corrected chi connectivity index (χ1v) is 15.5. The average Bonchev–Trinajstić information content (AvgIpc) is 3.73. The van der Waals surface area contributed by atoms with E-state index in [1.807, 2.05) is 60.7 Å². The zero-order valence-corrected chi connectivity index (χ0v) is 25.1. The van der Waals surface area contributed by atoms with Crippen molar-refractivity contribution in [2.45, 2.75) is 38.2 Å². The number of para-hydroxylation sites is 1.